The molecule has 7 nitrogen and oxygen atoms in total. The third-order valence-electron chi connectivity index (χ3n) is 4.98. The van der Waals surface area contributed by atoms with Crippen molar-refractivity contribution in [1.29, 1.82) is 0 Å². The lowest BCUT2D eigenvalue weighted by molar-refractivity contribution is -0.384. The fourth-order valence-corrected chi connectivity index (χ4v) is 3.83. The standard InChI is InChI=1S/C24H23N3O4S/c1-15-6-4-9-22(16(15)2)26-23(28)17(3)32-21-12-10-19(11-13-21)25-24(29)18-7-5-8-20(14-18)27(30)31/h4-14,17H,1-3H3,(H,25,29)(H,26,28). The molecule has 0 heterocycles. The van der Waals surface area contributed by atoms with Gasteiger partial charge in [-0.15, -0.1) is 11.8 Å². The van der Waals surface area contributed by atoms with E-state index in [9.17, 15) is 19.7 Å². The van der Waals surface area contributed by atoms with Gasteiger partial charge in [0.2, 0.25) is 5.91 Å². The fourth-order valence-electron chi connectivity index (χ4n) is 2.96. The van der Waals surface area contributed by atoms with Gasteiger partial charge in [-0.2, -0.15) is 0 Å². The van der Waals surface area contributed by atoms with Crippen molar-refractivity contribution in [3.63, 3.8) is 0 Å². The molecule has 0 aliphatic carbocycles. The zero-order valence-electron chi connectivity index (χ0n) is 17.9. The predicted molar refractivity (Wildman–Crippen MR) is 127 cm³/mol. The Balaban J connectivity index is 1.60. The van der Waals surface area contributed by atoms with Gasteiger partial charge in [0.15, 0.2) is 0 Å². The van der Waals surface area contributed by atoms with Crippen LogP contribution in [0.5, 0.6) is 0 Å². The van der Waals surface area contributed by atoms with Crippen molar-refractivity contribution >= 4 is 40.6 Å². The van der Waals surface area contributed by atoms with Crippen molar-refractivity contribution in [2.24, 2.45) is 0 Å². The molecular weight excluding hydrogens is 426 g/mol. The number of benzene rings is 3. The molecule has 32 heavy (non-hydrogen) atoms. The third kappa shape index (κ3) is 5.73. The molecular formula is C24H23N3O4S. The largest absolute Gasteiger partial charge is 0.325 e. The number of non-ortho nitro benzene ring substituents is 1. The summed E-state index contributed by atoms with van der Waals surface area (Å²) in [5.41, 5.74) is 3.58. The molecule has 0 fully saturated rings. The number of amides is 2. The van der Waals surface area contributed by atoms with Crippen molar-refractivity contribution in [1.82, 2.24) is 0 Å². The van der Waals surface area contributed by atoms with E-state index in [-0.39, 0.29) is 22.4 Å². The molecule has 0 spiro atoms. The Morgan fingerprint density at radius 2 is 1.66 bits per heavy atom. The van der Waals surface area contributed by atoms with Crippen LogP contribution in [0.4, 0.5) is 17.1 Å². The first-order valence-electron chi connectivity index (χ1n) is 9.94. The molecule has 1 unspecified atom stereocenters. The predicted octanol–water partition coefficient (Wildman–Crippen LogP) is 5.58. The summed E-state index contributed by atoms with van der Waals surface area (Å²) in [6, 6.07) is 18.4. The topological polar surface area (TPSA) is 101 Å². The minimum atomic E-state index is -0.541. The number of nitrogens with zero attached hydrogens (tertiary/aromatic N) is 1. The smallest absolute Gasteiger partial charge is 0.270 e. The van der Waals surface area contributed by atoms with E-state index in [2.05, 4.69) is 10.6 Å². The van der Waals surface area contributed by atoms with Gasteiger partial charge in [-0.05, 0) is 68.3 Å². The van der Waals surface area contributed by atoms with E-state index in [0.717, 1.165) is 21.7 Å². The SMILES string of the molecule is Cc1cccc(NC(=O)C(C)Sc2ccc(NC(=O)c3cccc([N+](=O)[O-])c3)cc2)c1C. The molecule has 3 rings (SSSR count). The highest BCUT2D eigenvalue weighted by Gasteiger charge is 2.16. The molecule has 1 atom stereocenters. The van der Waals surface area contributed by atoms with Crippen LogP contribution in [0.2, 0.25) is 0 Å². The zero-order chi connectivity index (χ0) is 23.3. The van der Waals surface area contributed by atoms with Gasteiger partial charge < -0.3 is 10.6 Å². The number of aryl methyl sites for hydroxylation is 1. The van der Waals surface area contributed by atoms with E-state index in [1.807, 2.05) is 51.1 Å². The van der Waals surface area contributed by atoms with E-state index in [1.165, 1.54) is 36.0 Å². The van der Waals surface area contributed by atoms with Gasteiger partial charge >= 0.3 is 0 Å². The van der Waals surface area contributed by atoms with Crippen LogP contribution in [-0.4, -0.2) is 22.0 Å². The van der Waals surface area contributed by atoms with Crippen LogP contribution < -0.4 is 10.6 Å². The number of nitro benzene ring substituents is 1. The van der Waals surface area contributed by atoms with Crippen molar-refractivity contribution in [3.8, 4) is 0 Å². The first kappa shape index (κ1) is 23.0. The zero-order valence-corrected chi connectivity index (χ0v) is 18.7. The normalized spacial score (nSPS) is 11.5. The number of carbonyl (C=O) groups is 2. The van der Waals surface area contributed by atoms with Crippen LogP contribution in [-0.2, 0) is 4.79 Å². The van der Waals surface area contributed by atoms with E-state index < -0.39 is 10.8 Å². The molecule has 0 aromatic heterocycles. The van der Waals surface area contributed by atoms with Gasteiger partial charge in [-0.25, -0.2) is 0 Å². The van der Waals surface area contributed by atoms with Crippen LogP contribution in [0.3, 0.4) is 0 Å². The minimum absolute atomic E-state index is 0.0910. The van der Waals surface area contributed by atoms with Crippen molar-refractivity contribution < 1.29 is 14.5 Å². The maximum absolute atomic E-state index is 12.6. The molecule has 8 heteroatoms. The molecule has 2 amide bonds. The first-order valence-corrected chi connectivity index (χ1v) is 10.8. The number of hydrogen-bond acceptors (Lipinski definition) is 5. The maximum Gasteiger partial charge on any atom is 0.270 e. The first-order chi connectivity index (χ1) is 15.2. The fraction of sp³-hybridized carbons (Fsp3) is 0.167. The van der Waals surface area contributed by atoms with Crippen molar-refractivity contribution in [2.45, 2.75) is 30.9 Å². The number of carbonyl (C=O) groups excluding carboxylic acids is 2. The Bertz CT molecular complexity index is 1160. The Morgan fingerprint density at radius 3 is 2.34 bits per heavy atom. The lowest BCUT2D eigenvalue weighted by atomic mass is 10.1. The molecule has 0 aliphatic rings. The van der Waals surface area contributed by atoms with Crippen LogP contribution in [0.1, 0.15) is 28.4 Å². The summed E-state index contributed by atoms with van der Waals surface area (Å²) in [7, 11) is 0. The molecule has 0 saturated carbocycles. The number of anilines is 2. The van der Waals surface area contributed by atoms with Gasteiger partial charge in [-0.3, -0.25) is 19.7 Å². The lowest BCUT2D eigenvalue weighted by Gasteiger charge is -2.15. The molecule has 0 saturated heterocycles. The molecule has 164 valence electrons. The highest BCUT2D eigenvalue weighted by molar-refractivity contribution is 8.00. The second-order valence-electron chi connectivity index (χ2n) is 7.28. The van der Waals surface area contributed by atoms with Gasteiger partial charge in [0.05, 0.1) is 10.2 Å². The van der Waals surface area contributed by atoms with Crippen molar-refractivity contribution in [3.05, 3.63) is 93.5 Å². The van der Waals surface area contributed by atoms with E-state index in [1.54, 1.807) is 12.1 Å². The van der Waals surface area contributed by atoms with E-state index in [4.69, 9.17) is 0 Å². The van der Waals surface area contributed by atoms with Crippen LogP contribution in [0.25, 0.3) is 0 Å². The summed E-state index contributed by atoms with van der Waals surface area (Å²) in [6.45, 7) is 5.81. The molecule has 2 N–H and O–H groups in total. The summed E-state index contributed by atoms with van der Waals surface area (Å²) in [4.78, 5) is 36.2. The Hall–Kier alpha value is -3.65. The van der Waals surface area contributed by atoms with E-state index >= 15 is 0 Å². The number of thioether (sulfide) groups is 1. The molecule has 0 bridgehead atoms. The third-order valence-corrected chi connectivity index (χ3v) is 6.09. The Kier molecular flexibility index (Phi) is 7.27. The summed E-state index contributed by atoms with van der Waals surface area (Å²) < 4.78 is 0. The average molecular weight is 450 g/mol. The molecule has 0 aliphatic heterocycles. The second kappa shape index (κ2) is 10.1. The summed E-state index contributed by atoms with van der Waals surface area (Å²) >= 11 is 1.41. The Morgan fingerprint density at radius 1 is 0.969 bits per heavy atom. The summed E-state index contributed by atoms with van der Waals surface area (Å²) in [6.07, 6.45) is 0. The van der Waals surface area contributed by atoms with Crippen molar-refractivity contribution in [2.75, 3.05) is 10.6 Å². The second-order valence-corrected chi connectivity index (χ2v) is 8.70. The van der Waals surface area contributed by atoms with E-state index in [0.29, 0.717) is 5.69 Å². The van der Waals surface area contributed by atoms with Crippen LogP contribution >= 0.6 is 11.8 Å². The molecule has 3 aromatic rings. The highest BCUT2D eigenvalue weighted by atomic mass is 32.2. The lowest BCUT2D eigenvalue weighted by Crippen LogP contribution is -2.22. The molecule has 0 radical (unpaired) electrons. The summed E-state index contributed by atoms with van der Waals surface area (Å²) in [5, 5.41) is 16.3. The van der Waals surface area contributed by atoms with Gasteiger partial charge in [0.1, 0.15) is 0 Å². The average Bonchev–Trinajstić information content (AvgIpc) is 2.78. The van der Waals surface area contributed by atoms with Gasteiger partial charge in [0.25, 0.3) is 11.6 Å². The number of rotatable bonds is 7. The highest BCUT2D eigenvalue weighted by Crippen LogP contribution is 2.27. The number of nitro groups is 1. The van der Waals surface area contributed by atoms with Gasteiger partial charge in [-0.1, -0.05) is 18.2 Å². The Labute approximate surface area is 190 Å². The monoisotopic (exact) mass is 449 g/mol. The number of nitrogens with one attached hydrogen (secondary N) is 2. The minimum Gasteiger partial charge on any atom is -0.325 e. The maximum atomic E-state index is 12.6. The molecule has 3 aromatic carbocycles. The van der Waals surface area contributed by atoms with Crippen LogP contribution in [0.15, 0.2) is 71.6 Å². The van der Waals surface area contributed by atoms with Gasteiger partial charge in [0, 0.05) is 34.0 Å². The van der Waals surface area contributed by atoms with Crippen LogP contribution in [0, 0.1) is 24.0 Å². The quantitative estimate of drug-likeness (QED) is 0.278. The number of hydrogen-bond donors (Lipinski definition) is 2. The summed E-state index contributed by atoms with van der Waals surface area (Å²) in [5.74, 6) is -0.526.